The van der Waals surface area contributed by atoms with Gasteiger partial charge in [0.1, 0.15) is 0 Å². The van der Waals surface area contributed by atoms with E-state index in [9.17, 15) is 0 Å². The minimum absolute atomic E-state index is 0. The van der Waals surface area contributed by atoms with E-state index in [1.54, 1.807) is 0 Å². The second-order valence-corrected chi connectivity index (χ2v) is 4.72. The van der Waals surface area contributed by atoms with Crippen LogP contribution in [0.1, 0.15) is 18.5 Å². The maximum absolute atomic E-state index is 3.46. The van der Waals surface area contributed by atoms with E-state index < -0.39 is 0 Å². The highest BCUT2D eigenvalue weighted by atomic mass is 35.5. The Morgan fingerprint density at radius 1 is 1.00 bits per heavy atom. The predicted octanol–water partition coefficient (Wildman–Crippen LogP) is 4.10. The lowest BCUT2D eigenvalue weighted by Crippen LogP contribution is -2.35. The Morgan fingerprint density at radius 3 is 2.47 bits per heavy atom. The molecule has 1 unspecified atom stereocenters. The van der Waals surface area contributed by atoms with Gasteiger partial charge in [-0.25, -0.2) is 0 Å². The highest BCUT2D eigenvalue weighted by Crippen LogP contribution is 2.34. The number of fused-ring (bicyclic) bond motifs is 1. The van der Waals surface area contributed by atoms with Gasteiger partial charge < -0.3 is 10.2 Å². The van der Waals surface area contributed by atoms with Crippen LogP contribution in [-0.2, 0) is 0 Å². The van der Waals surface area contributed by atoms with Crippen molar-refractivity contribution < 1.29 is 0 Å². The van der Waals surface area contributed by atoms with E-state index >= 15 is 0 Å². The first-order chi connectivity index (χ1) is 8.86. The smallest absolute Gasteiger partial charge is 0.0607 e. The standard InChI is InChI=1S/C16H18N2.ClH/c1-13(14-7-3-2-4-8-14)18-12-11-17-15-9-5-6-10-16(15)18;/h2-10,13,17H,11-12H2,1H3;1H. The summed E-state index contributed by atoms with van der Waals surface area (Å²) in [5.74, 6) is 0. The number of para-hydroxylation sites is 2. The zero-order valence-corrected chi connectivity index (χ0v) is 11.9. The molecule has 1 atom stereocenters. The summed E-state index contributed by atoms with van der Waals surface area (Å²) in [6.07, 6.45) is 0. The second-order valence-electron chi connectivity index (χ2n) is 4.72. The summed E-state index contributed by atoms with van der Waals surface area (Å²) in [4.78, 5) is 2.47. The summed E-state index contributed by atoms with van der Waals surface area (Å²) in [5.41, 5.74) is 3.92. The van der Waals surface area contributed by atoms with Crippen LogP contribution >= 0.6 is 12.4 Å². The molecule has 0 amide bonds. The van der Waals surface area contributed by atoms with Crippen LogP contribution in [0.15, 0.2) is 54.6 Å². The van der Waals surface area contributed by atoms with Crippen LogP contribution in [0.25, 0.3) is 0 Å². The molecular weight excluding hydrogens is 256 g/mol. The predicted molar refractivity (Wildman–Crippen MR) is 84.4 cm³/mol. The van der Waals surface area contributed by atoms with Crippen LogP contribution in [0.2, 0.25) is 0 Å². The average Bonchev–Trinajstić information content (AvgIpc) is 2.47. The lowest BCUT2D eigenvalue weighted by Gasteiger charge is -2.37. The van der Waals surface area contributed by atoms with Gasteiger partial charge in [0, 0.05) is 13.1 Å². The first kappa shape index (κ1) is 13.8. The molecule has 2 aromatic rings. The van der Waals surface area contributed by atoms with E-state index in [-0.39, 0.29) is 12.4 Å². The maximum Gasteiger partial charge on any atom is 0.0607 e. The summed E-state index contributed by atoms with van der Waals surface area (Å²) < 4.78 is 0. The molecule has 1 N–H and O–H groups in total. The van der Waals surface area contributed by atoms with Crippen molar-refractivity contribution in [1.29, 1.82) is 0 Å². The number of hydrogen-bond donors (Lipinski definition) is 1. The van der Waals surface area contributed by atoms with Gasteiger partial charge in [0.2, 0.25) is 0 Å². The number of benzene rings is 2. The average molecular weight is 275 g/mol. The second kappa shape index (κ2) is 5.98. The van der Waals surface area contributed by atoms with E-state index in [0.717, 1.165) is 13.1 Å². The topological polar surface area (TPSA) is 15.3 Å². The fraction of sp³-hybridized carbons (Fsp3) is 0.250. The summed E-state index contributed by atoms with van der Waals surface area (Å²) >= 11 is 0. The molecule has 3 rings (SSSR count). The first-order valence-electron chi connectivity index (χ1n) is 6.51. The van der Waals surface area contributed by atoms with Crippen molar-refractivity contribution >= 4 is 23.8 Å². The lowest BCUT2D eigenvalue weighted by molar-refractivity contribution is 0.669. The Labute approximate surface area is 120 Å². The molecule has 0 aromatic heterocycles. The van der Waals surface area contributed by atoms with Crippen molar-refractivity contribution in [3.8, 4) is 0 Å². The molecule has 19 heavy (non-hydrogen) atoms. The van der Waals surface area contributed by atoms with Crippen molar-refractivity contribution in [1.82, 2.24) is 0 Å². The molecule has 0 bridgehead atoms. The summed E-state index contributed by atoms with van der Waals surface area (Å²) in [6.45, 7) is 4.33. The van der Waals surface area contributed by atoms with Crippen LogP contribution in [0, 0.1) is 0 Å². The van der Waals surface area contributed by atoms with Gasteiger partial charge in [-0.1, -0.05) is 42.5 Å². The Balaban J connectivity index is 0.00000133. The fourth-order valence-corrected chi connectivity index (χ4v) is 2.62. The van der Waals surface area contributed by atoms with Gasteiger partial charge in [-0.2, -0.15) is 0 Å². The summed E-state index contributed by atoms with van der Waals surface area (Å²) in [5, 5.41) is 3.46. The first-order valence-corrected chi connectivity index (χ1v) is 6.51. The molecular formula is C16H19ClN2. The summed E-state index contributed by atoms with van der Waals surface area (Å²) in [6, 6.07) is 19.7. The van der Waals surface area contributed by atoms with Crippen LogP contribution in [0.5, 0.6) is 0 Å². The van der Waals surface area contributed by atoms with E-state index in [0.29, 0.717) is 6.04 Å². The van der Waals surface area contributed by atoms with Gasteiger partial charge in [-0.15, -0.1) is 12.4 Å². The van der Waals surface area contributed by atoms with Gasteiger partial charge in [0.05, 0.1) is 17.4 Å². The quantitative estimate of drug-likeness (QED) is 0.887. The molecule has 2 nitrogen and oxygen atoms in total. The third-order valence-electron chi connectivity index (χ3n) is 3.63. The fourth-order valence-electron chi connectivity index (χ4n) is 2.62. The molecule has 0 aliphatic carbocycles. The maximum atomic E-state index is 3.46. The summed E-state index contributed by atoms with van der Waals surface area (Å²) in [7, 11) is 0. The van der Waals surface area contributed by atoms with Gasteiger partial charge >= 0.3 is 0 Å². The molecule has 3 heteroatoms. The van der Waals surface area contributed by atoms with E-state index in [1.165, 1.54) is 16.9 Å². The molecule has 0 saturated carbocycles. The number of hydrogen-bond acceptors (Lipinski definition) is 2. The molecule has 1 aliphatic rings. The van der Waals surface area contributed by atoms with Crippen molar-refractivity contribution in [3.05, 3.63) is 60.2 Å². The van der Waals surface area contributed by atoms with E-state index in [1.807, 2.05) is 0 Å². The number of anilines is 2. The van der Waals surface area contributed by atoms with Crippen molar-refractivity contribution in [2.75, 3.05) is 23.3 Å². The van der Waals surface area contributed by atoms with Crippen LogP contribution < -0.4 is 10.2 Å². The van der Waals surface area contributed by atoms with Gasteiger partial charge in [-0.05, 0) is 24.6 Å². The van der Waals surface area contributed by atoms with E-state index in [2.05, 4.69) is 71.7 Å². The third-order valence-corrected chi connectivity index (χ3v) is 3.63. The van der Waals surface area contributed by atoms with Crippen molar-refractivity contribution in [3.63, 3.8) is 0 Å². The molecule has 2 aromatic carbocycles. The molecule has 0 spiro atoms. The molecule has 0 radical (unpaired) electrons. The lowest BCUT2D eigenvalue weighted by atomic mass is 10.0. The molecule has 1 heterocycles. The van der Waals surface area contributed by atoms with Gasteiger partial charge in [0.25, 0.3) is 0 Å². The Kier molecular flexibility index (Phi) is 4.33. The Morgan fingerprint density at radius 2 is 1.68 bits per heavy atom. The minimum Gasteiger partial charge on any atom is -0.382 e. The normalized spacial score (nSPS) is 14.9. The largest absolute Gasteiger partial charge is 0.382 e. The number of nitrogens with one attached hydrogen (secondary N) is 1. The zero-order chi connectivity index (χ0) is 12.4. The Hall–Kier alpha value is -1.67. The zero-order valence-electron chi connectivity index (χ0n) is 11.0. The van der Waals surface area contributed by atoms with Crippen molar-refractivity contribution in [2.24, 2.45) is 0 Å². The van der Waals surface area contributed by atoms with E-state index in [4.69, 9.17) is 0 Å². The van der Waals surface area contributed by atoms with Crippen LogP contribution in [-0.4, -0.2) is 13.1 Å². The molecule has 0 saturated heterocycles. The third kappa shape index (κ3) is 2.69. The van der Waals surface area contributed by atoms with Crippen molar-refractivity contribution in [2.45, 2.75) is 13.0 Å². The van der Waals surface area contributed by atoms with Gasteiger partial charge in [0.15, 0.2) is 0 Å². The molecule has 1 aliphatic heterocycles. The number of rotatable bonds is 2. The SMILES string of the molecule is CC(c1ccccc1)N1CCNc2ccccc21.Cl. The molecule has 100 valence electrons. The Bertz CT molecular complexity index is 527. The highest BCUT2D eigenvalue weighted by molar-refractivity contribution is 5.85. The minimum atomic E-state index is 0. The highest BCUT2D eigenvalue weighted by Gasteiger charge is 2.21. The molecule has 0 fully saturated rings. The van der Waals surface area contributed by atoms with Gasteiger partial charge in [-0.3, -0.25) is 0 Å². The van der Waals surface area contributed by atoms with Crippen LogP contribution in [0.4, 0.5) is 11.4 Å². The number of halogens is 1. The monoisotopic (exact) mass is 274 g/mol. The van der Waals surface area contributed by atoms with Crippen LogP contribution in [0.3, 0.4) is 0 Å². The number of nitrogens with zero attached hydrogens (tertiary/aromatic N) is 1.